The third-order valence-corrected chi connectivity index (χ3v) is 5.88. The Morgan fingerprint density at radius 2 is 2.20 bits per heavy atom. The van der Waals surface area contributed by atoms with Gasteiger partial charge in [0.15, 0.2) is 0 Å². The Hall–Kier alpha value is 0.110. The van der Waals surface area contributed by atoms with Crippen molar-refractivity contribution in [2.75, 3.05) is 12.3 Å². The van der Waals surface area contributed by atoms with E-state index in [0.29, 0.717) is 16.3 Å². The third-order valence-electron chi connectivity index (χ3n) is 3.78. The van der Waals surface area contributed by atoms with Crippen LogP contribution in [-0.2, 0) is 6.42 Å². The summed E-state index contributed by atoms with van der Waals surface area (Å²) in [6.45, 7) is 3.29. The highest BCUT2D eigenvalue weighted by molar-refractivity contribution is 8.00. The number of thioether (sulfide) groups is 1. The highest BCUT2D eigenvalue weighted by Gasteiger charge is 2.24. The van der Waals surface area contributed by atoms with Gasteiger partial charge in [0, 0.05) is 21.3 Å². The standard InChI is InChI=1S/C16H23Cl2NS/c1-2-8-19-15(16-5-3-4-9-20-16)10-12-6-7-13(17)11-14(12)18/h6-7,11,15-16,19H,2-5,8-10H2,1H3. The summed E-state index contributed by atoms with van der Waals surface area (Å²) in [6, 6.07) is 6.37. The zero-order valence-electron chi connectivity index (χ0n) is 12.0. The van der Waals surface area contributed by atoms with Crippen LogP contribution in [0.15, 0.2) is 18.2 Å². The quantitative estimate of drug-likeness (QED) is 0.769. The van der Waals surface area contributed by atoms with Crippen molar-refractivity contribution in [3.63, 3.8) is 0 Å². The molecule has 1 aliphatic heterocycles. The molecule has 0 spiro atoms. The third kappa shape index (κ3) is 4.84. The van der Waals surface area contributed by atoms with Crippen molar-refractivity contribution in [2.24, 2.45) is 0 Å². The molecule has 0 saturated carbocycles. The second kappa shape index (κ2) is 8.53. The van der Waals surface area contributed by atoms with Crippen LogP contribution in [0.2, 0.25) is 10.0 Å². The predicted octanol–water partition coefficient (Wildman–Crippen LogP) is 5.19. The van der Waals surface area contributed by atoms with Crippen LogP contribution >= 0.6 is 35.0 Å². The maximum atomic E-state index is 6.33. The maximum Gasteiger partial charge on any atom is 0.0453 e. The Bertz CT molecular complexity index is 419. The van der Waals surface area contributed by atoms with E-state index in [-0.39, 0.29) is 0 Å². The van der Waals surface area contributed by atoms with Crippen LogP contribution in [0.25, 0.3) is 0 Å². The zero-order valence-corrected chi connectivity index (χ0v) is 14.3. The van der Waals surface area contributed by atoms with Crippen molar-refractivity contribution in [2.45, 2.75) is 50.3 Å². The van der Waals surface area contributed by atoms with Gasteiger partial charge in [-0.15, -0.1) is 0 Å². The molecule has 0 amide bonds. The van der Waals surface area contributed by atoms with Crippen molar-refractivity contribution in [1.82, 2.24) is 5.32 Å². The molecule has 1 saturated heterocycles. The number of halogens is 2. The van der Waals surface area contributed by atoms with Gasteiger partial charge in [0.1, 0.15) is 0 Å². The molecule has 1 aliphatic rings. The number of nitrogens with one attached hydrogen (secondary N) is 1. The molecule has 0 aromatic heterocycles. The van der Waals surface area contributed by atoms with Crippen molar-refractivity contribution in [3.05, 3.63) is 33.8 Å². The van der Waals surface area contributed by atoms with Gasteiger partial charge in [-0.3, -0.25) is 0 Å². The van der Waals surface area contributed by atoms with Crippen molar-refractivity contribution >= 4 is 35.0 Å². The van der Waals surface area contributed by atoms with Gasteiger partial charge in [0.05, 0.1) is 0 Å². The molecule has 1 nitrogen and oxygen atoms in total. The molecule has 1 aromatic rings. The van der Waals surface area contributed by atoms with Crippen LogP contribution in [-0.4, -0.2) is 23.6 Å². The van der Waals surface area contributed by atoms with Crippen molar-refractivity contribution in [1.29, 1.82) is 0 Å². The van der Waals surface area contributed by atoms with E-state index in [1.807, 2.05) is 12.1 Å². The van der Waals surface area contributed by atoms with E-state index in [1.54, 1.807) is 0 Å². The monoisotopic (exact) mass is 331 g/mol. The topological polar surface area (TPSA) is 12.0 Å². The van der Waals surface area contributed by atoms with Crippen LogP contribution in [0, 0.1) is 0 Å². The van der Waals surface area contributed by atoms with Crippen molar-refractivity contribution in [3.8, 4) is 0 Å². The minimum Gasteiger partial charge on any atom is -0.313 e. The molecule has 0 bridgehead atoms. The molecule has 1 N–H and O–H groups in total. The molecule has 2 atom stereocenters. The van der Waals surface area contributed by atoms with Gasteiger partial charge in [-0.1, -0.05) is 42.6 Å². The lowest BCUT2D eigenvalue weighted by Gasteiger charge is -2.31. The predicted molar refractivity (Wildman–Crippen MR) is 92.3 cm³/mol. The van der Waals surface area contributed by atoms with Gasteiger partial charge in [-0.2, -0.15) is 11.8 Å². The molecule has 112 valence electrons. The van der Waals surface area contributed by atoms with Gasteiger partial charge in [-0.25, -0.2) is 0 Å². The normalized spacial score (nSPS) is 20.9. The van der Waals surface area contributed by atoms with Crippen LogP contribution < -0.4 is 5.32 Å². The number of hydrogen-bond acceptors (Lipinski definition) is 2. The second-order valence-electron chi connectivity index (χ2n) is 5.41. The van der Waals surface area contributed by atoms with Gasteiger partial charge < -0.3 is 5.32 Å². The Morgan fingerprint density at radius 1 is 1.35 bits per heavy atom. The minimum absolute atomic E-state index is 0.513. The first-order valence-electron chi connectivity index (χ1n) is 7.49. The first-order chi connectivity index (χ1) is 9.70. The van der Waals surface area contributed by atoms with Crippen molar-refractivity contribution < 1.29 is 0 Å². The summed E-state index contributed by atoms with van der Waals surface area (Å²) in [5, 5.41) is 5.93. The molecule has 20 heavy (non-hydrogen) atoms. The Morgan fingerprint density at radius 3 is 2.85 bits per heavy atom. The van der Waals surface area contributed by atoms with E-state index in [9.17, 15) is 0 Å². The molecule has 0 aliphatic carbocycles. The van der Waals surface area contributed by atoms with Gasteiger partial charge in [0.25, 0.3) is 0 Å². The number of rotatable bonds is 6. The highest BCUT2D eigenvalue weighted by Crippen LogP contribution is 2.30. The highest BCUT2D eigenvalue weighted by atomic mass is 35.5. The largest absolute Gasteiger partial charge is 0.313 e. The maximum absolute atomic E-state index is 6.33. The summed E-state index contributed by atoms with van der Waals surface area (Å²) in [6.07, 6.45) is 6.20. The minimum atomic E-state index is 0.513. The van der Waals surface area contributed by atoms with E-state index in [1.165, 1.54) is 37.0 Å². The Kier molecular flexibility index (Phi) is 7.03. The lowest BCUT2D eigenvalue weighted by atomic mass is 9.99. The van der Waals surface area contributed by atoms with E-state index in [0.717, 1.165) is 18.0 Å². The molecule has 1 heterocycles. The van der Waals surface area contributed by atoms with E-state index in [4.69, 9.17) is 23.2 Å². The lowest BCUT2D eigenvalue weighted by Crippen LogP contribution is -2.41. The fourth-order valence-corrected chi connectivity index (χ4v) is 4.59. The Balaban J connectivity index is 2.05. The van der Waals surface area contributed by atoms with Gasteiger partial charge in [0.2, 0.25) is 0 Å². The van der Waals surface area contributed by atoms with Gasteiger partial charge in [-0.05, 0) is 55.7 Å². The second-order valence-corrected chi connectivity index (χ2v) is 7.60. The fraction of sp³-hybridized carbons (Fsp3) is 0.625. The molecule has 2 unspecified atom stereocenters. The fourth-order valence-electron chi connectivity index (χ4n) is 2.67. The van der Waals surface area contributed by atoms with E-state index in [2.05, 4.69) is 30.1 Å². The summed E-state index contributed by atoms with van der Waals surface area (Å²) in [5.74, 6) is 1.29. The average molecular weight is 332 g/mol. The molecule has 2 rings (SSSR count). The van der Waals surface area contributed by atoms with Crippen LogP contribution in [0.3, 0.4) is 0 Å². The summed E-state index contributed by atoms with van der Waals surface area (Å²) < 4.78 is 0. The number of hydrogen-bond donors (Lipinski definition) is 1. The first-order valence-corrected chi connectivity index (χ1v) is 9.30. The summed E-state index contributed by atoms with van der Waals surface area (Å²) in [4.78, 5) is 0. The smallest absolute Gasteiger partial charge is 0.0453 e. The van der Waals surface area contributed by atoms with Crippen LogP contribution in [0.1, 0.15) is 38.2 Å². The summed E-state index contributed by atoms with van der Waals surface area (Å²) in [5.41, 5.74) is 1.20. The lowest BCUT2D eigenvalue weighted by molar-refractivity contribution is 0.461. The zero-order chi connectivity index (χ0) is 14.4. The van der Waals surface area contributed by atoms with Gasteiger partial charge >= 0.3 is 0 Å². The molecule has 4 heteroatoms. The molecule has 1 aromatic carbocycles. The Labute approximate surface area is 136 Å². The van der Waals surface area contributed by atoms with Crippen LogP contribution in [0.5, 0.6) is 0 Å². The summed E-state index contributed by atoms with van der Waals surface area (Å²) in [7, 11) is 0. The number of benzene rings is 1. The molecular weight excluding hydrogens is 309 g/mol. The van der Waals surface area contributed by atoms with E-state index >= 15 is 0 Å². The average Bonchev–Trinajstić information content (AvgIpc) is 2.46. The first kappa shape index (κ1) is 16.5. The van der Waals surface area contributed by atoms with Crippen LogP contribution in [0.4, 0.5) is 0 Å². The molecule has 0 radical (unpaired) electrons. The summed E-state index contributed by atoms with van der Waals surface area (Å²) >= 11 is 14.4. The molecule has 1 fully saturated rings. The molecular formula is C16H23Cl2NS. The SMILES string of the molecule is CCCNC(Cc1ccc(Cl)cc1Cl)C1CCCCS1. The van der Waals surface area contributed by atoms with E-state index < -0.39 is 0 Å².